The molecular formula is C12H24O2. The number of hydrogen-bond acceptors (Lipinski definition) is 2. The number of aliphatic hydroxyl groups is 1. The third-order valence-corrected chi connectivity index (χ3v) is 3.42. The molecule has 1 saturated carbocycles. The van der Waals surface area contributed by atoms with Gasteiger partial charge in [-0.1, -0.05) is 48.0 Å². The Kier molecular flexibility index (Phi) is 4.79. The second kappa shape index (κ2) is 4.92. The van der Waals surface area contributed by atoms with Gasteiger partial charge in [0.15, 0.2) is 5.78 Å². The highest BCUT2D eigenvalue weighted by Gasteiger charge is 2.51. The van der Waals surface area contributed by atoms with Crippen LogP contribution in [0.1, 0.15) is 48.0 Å². The minimum atomic E-state index is -0.752. The first-order valence-corrected chi connectivity index (χ1v) is 5.64. The van der Waals surface area contributed by atoms with Crippen LogP contribution in [0.5, 0.6) is 0 Å². The number of carbonyl (C=O) groups excluding carboxylic acids is 1. The molecule has 1 N–H and O–H groups in total. The largest absolute Gasteiger partial charge is 0.385 e. The smallest absolute Gasteiger partial charge is 0.164 e. The first kappa shape index (κ1) is 13.6. The first-order valence-electron chi connectivity index (χ1n) is 5.64. The van der Waals surface area contributed by atoms with Gasteiger partial charge in [0.1, 0.15) is 6.10 Å². The number of carbonyl (C=O) groups is 1. The molecule has 0 heterocycles. The highest BCUT2D eigenvalue weighted by atomic mass is 16.3. The fourth-order valence-electron chi connectivity index (χ4n) is 2.54. The lowest BCUT2D eigenvalue weighted by atomic mass is 9.76. The quantitative estimate of drug-likeness (QED) is 0.706. The van der Waals surface area contributed by atoms with Crippen LogP contribution < -0.4 is 0 Å². The van der Waals surface area contributed by atoms with Crippen molar-refractivity contribution in [2.75, 3.05) is 0 Å². The maximum Gasteiger partial charge on any atom is 0.164 e. The molecule has 3 atom stereocenters. The van der Waals surface area contributed by atoms with Gasteiger partial charge in [-0.25, -0.2) is 0 Å². The molecular weight excluding hydrogens is 176 g/mol. The van der Waals surface area contributed by atoms with Gasteiger partial charge in [0.05, 0.1) is 0 Å². The fourth-order valence-corrected chi connectivity index (χ4v) is 2.54. The Morgan fingerprint density at radius 1 is 1.36 bits per heavy atom. The molecule has 1 aliphatic carbocycles. The molecule has 0 bridgehead atoms. The molecule has 84 valence electrons. The molecule has 0 aromatic rings. The Balaban J connectivity index is 0.000000791. The van der Waals surface area contributed by atoms with Crippen LogP contribution in [-0.2, 0) is 4.79 Å². The standard InChI is InChI=1S/C10H18O2.C2H6/c1-5-7-6(2)8(11)9(12)10(7,3)4;1-2/h6-7,9,12H,5H2,1-4H3;1-2H3. The van der Waals surface area contributed by atoms with Crippen LogP contribution in [0.2, 0.25) is 0 Å². The Hall–Kier alpha value is -0.370. The third kappa shape index (κ3) is 2.00. The van der Waals surface area contributed by atoms with Crippen LogP contribution in [0.15, 0.2) is 0 Å². The van der Waals surface area contributed by atoms with E-state index in [2.05, 4.69) is 6.92 Å². The van der Waals surface area contributed by atoms with E-state index < -0.39 is 6.10 Å². The molecule has 0 aliphatic heterocycles. The Morgan fingerprint density at radius 3 is 1.93 bits per heavy atom. The Morgan fingerprint density at radius 2 is 1.79 bits per heavy atom. The van der Waals surface area contributed by atoms with Gasteiger partial charge in [-0.3, -0.25) is 4.79 Å². The number of ketones is 1. The summed E-state index contributed by atoms with van der Waals surface area (Å²) in [5, 5.41) is 9.65. The van der Waals surface area contributed by atoms with Gasteiger partial charge < -0.3 is 5.11 Å². The lowest BCUT2D eigenvalue weighted by Crippen LogP contribution is -2.31. The summed E-state index contributed by atoms with van der Waals surface area (Å²) in [7, 11) is 0. The van der Waals surface area contributed by atoms with Crippen molar-refractivity contribution in [3.05, 3.63) is 0 Å². The van der Waals surface area contributed by atoms with Crippen LogP contribution in [-0.4, -0.2) is 17.0 Å². The lowest BCUT2D eigenvalue weighted by Gasteiger charge is -2.29. The summed E-state index contributed by atoms with van der Waals surface area (Å²) in [5.74, 6) is 0.381. The molecule has 1 aliphatic rings. The fraction of sp³-hybridized carbons (Fsp3) is 0.917. The maximum absolute atomic E-state index is 11.4. The highest BCUT2D eigenvalue weighted by molar-refractivity contribution is 5.88. The topological polar surface area (TPSA) is 37.3 Å². The van der Waals surface area contributed by atoms with Crippen LogP contribution >= 0.6 is 0 Å². The van der Waals surface area contributed by atoms with E-state index in [4.69, 9.17) is 0 Å². The summed E-state index contributed by atoms with van der Waals surface area (Å²) >= 11 is 0. The molecule has 0 spiro atoms. The summed E-state index contributed by atoms with van der Waals surface area (Å²) in [6.07, 6.45) is 0.217. The van der Waals surface area contributed by atoms with Gasteiger partial charge in [0.25, 0.3) is 0 Å². The monoisotopic (exact) mass is 200 g/mol. The molecule has 2 heteroatoms. The predicted molar refractivity (Wildman–Crippen MR) is 59.1 cm³/mol. The zero-order chi connectivity index (χ0) is 11.5. The van der Waals surface area contributed by atoms with E-state index in [1.54, 1.807) is 0 Å². The van der Waals surface area contributed by atoms with Gasteiger partial charge in [0.2, 0.25) is 0 Å². The highest BCUT2D eigenvalue weighted by Crippen LogP contribution is 2.45. The van der Waals surface area contributed by atoms with E-state index in [1.165, 1.54) is 0 Å². The van der Waals surface area contributed by atoms with Crippen molar-refractivity contribution >= 4 is 5.78 Å². The van der Waals surface area contributed by atoms with Crippen LogP contribution in [0.25, 0.3) is 0 Å². The summed E-state index contributed by atoms with van der Waals surface area (Å²) in [4.78, 5) is 11.4. The Labute approximate surface area is 87.7 Å². The normalized spacial score (nSPS) is 35.1. The van der Waals surface area contributed by atoms with Crippen molar-refractivity contribution in [1.82, 2.24) is 0 Å². The maximum atomic E-state index is 11.4. The second-order valence-corrected chi connectivity index (χ2v) is 4.43. The number of rotatable bonds is 1. The number of hydrogen-bond donors (Lipinski definition) is 1. The second-order valence-electron chi connectivity index (χ2n) is 4.43. The third-order valence-electron chi connectivity index (χ3n) is 3.42. The summed E-state index contributed by atoms with van der Waals surface area (Å²) in [6, 6.07) is 0. The van der Waals surface area contributed by atoms with Crippen molar-refractivity contribution in [3.8, 4) is 0 Å². The van der Waals surface area contributed by atoms with Gasteiger partial charge in [0, 0.05) is 11.3 Å². The molecule has 0 radical (unpaired) electrons. The minimum Gasteiger partial charge on any atom is -0.385 e. The molecule has 0 saturated heterocycles. The van der Waals surface area contributed by atoms with Crippen LogP contribution in [0.3, 0.4) is 0 Å². The molecule has 14 heavy (non-hydrogen) atoms. The minimum absolute atomic E-state index is 0.0202. The first-order chi connectivity index (χ1) is 6.42. The van der Waals surface area contributed by atoms with Crippen molar-refractivity contribution < 1.29 is 9.90 Å². The van der Waals surface area contributed by atoms with Crippen molar-refractivity contribution in [2.45, 2.75) is 54.1 Å². The molecule has 3 unspecified atom stereocenters. The molecule has 0 aromatic heterocycles. The molecule has 1 rings (SSSR count). The van der Waals surface area contributed by atoms with Gasteiger partial charge >= 0.3 is 0 Å². The Bertz CT molecular complexity index is 196. The SMILES string of the molecule is CC.CCC1C(C)C(=O)C(O)C1(C)C. The zero-order valence-electron chi connectivity index (χ0n) is 10.3. The van der Waals surface area contributed by atoms with E-state index in [-0.39, 0.29) is 17.1 Å². The van der Waals surface area contributed by atoms with Gasteiger partial charge in [-0.05, 0) is 5.92 Å². The molecule has 0 amide bonds. The van der Waals surface area contributed by atoms with Crippen molar-refractivity contribution in [3.63, 3.8) is 0 Å². The summed E-state index contributed by atoms with van der Waals surface area (Å²) in [6.45, 7) is 12.0. The van der Waals surface area contributed by atoms with Gasteiger partial charge in [-0.2, -0.15) is 0 Å². The van der Waals surface area contributed by atoms with Crippen molar-refractivity contribution in [2.24, 2.45) is 17.3 Å². The molecule has 1 fully saturated rings. The number of Topliss-reactive ketones (excluding diaryl/α,β-unsaturated/α-hetero) is 1. The average molecular weight is 200 g/mol. The summed E-state index contributed by atoms with van der Waals surface area (Å²) < 4.78 is 0. The van der Waals surface area contributed by atoms with Crippen LogP contribution in [0, 0.1) is 17.3 Å². The van der Waals surface area contributed by atoms with E-state index >= 15 is 0 Å². The number of aliphatic hydroxyl groups excluding tert-OH is 1. The van der Waals surface area contributed by atoms with E-state index in [0.717, 1.165) is 6.42 Å². The van der Waals surface area contributed by atoms with Gasteiger partial charge in [-0.15, -0.1) is 0 Å². The zero-order valence-corrected chi connectivity index (χ0v) is 10.3. The summed E-state index contributed by atoms with van der Waals surface area (Å²) in [5.41, 5.74) is -0.231. The molecule has 2 nitrogen and oxygen atoms in total. The van der Waals surface area contributed by atoms with E-state index in [9.17, 15) is 9.90 Å². The lowest BCUT2D eigenvalue weighted by molar-refractivity contribution is -0.129. The van der Waals surface area contributed by atoms with E-state index in [1.807, 2.05) is 34.6 Å². The van der Waals surface area contributed by atoms with Crippen LogP contribution in [0.4, 0.5) is 0 Å². The van der Waals surface area contributed by atoms with E-state index in [0.29, 0.717) is 5.92 Å². The average Bonchev–Trinajstić information content (AvgIpc) is 2.31. The van der Waals surface area contributed by atoms with Crippen molar-refractivity contribution in [1.29, 1.82) is 0 Å². The molecule has 0 aromatic carbocycles. The predicted octanol–water partition coefficient (Wildman–Crippen LogP) is 2.64.